The monoisotopic (exact) mass is 445 g/mol. The van der Waals surface area contributed by atoms with Crippen molar-refractivity contribution in [1.29, 1.82) is 0 Å². The van der Waals surface area contributed by atoms with Crippen LogP contribution in [-0.2, 0) is 6.54 Å². The number of benzene rings is 1. The van der Waals surface area contributed by atoms with Crippen LogP contribution in [0, 0.1) is 5.82 Å². The Balaban J connectivity index is 1.47. The van der Waals surface area contributed by atoms with Gasteiger partial charge < -0.3 is 11.1 Å². The number of amides is 1. The molecule has 1 amide bonds. The van der Waals surface area contributed by atoms with Crippen LogP contribution in [0.2, 0.25) is 4.34 Å². The summed E-state index contributed by atoms with van der Waals surface area (Å²) in [6, 6.07) is 9.88. The zero-order chi connectivity index (χ0) is 21.3. The van der Waals surface area contributed by atoms with Gasteiger partial charge in [0.25, 0.3) is 5.91 Å². The van der Waals surface area contributed by atoms with Crippen LogP contribution in [0.1, 0.15) is 15.4 Å². The summed E-state index contributed by atoms with van der Waals surface area (Å²) in [5, 5.41) is 10.8. The highest BCUT2D eigenvalue weighted by molar-refractivity contribution is 7.17. The van der Waals surface area contributed by atoms with Crippen LogP contribution in [-0.4, -0.2) is 30.5 Å². The Kier molecular flexibility index (Phi) is 5.29. The zero-order valence-electron chi connectivity index (χ0n) is 15.1. The summed E-state index contributed by atoms with van der Waals surface area (Å²) in [5.74, 6) is -1.48. The number of halogens is 2. The highest BCUT2D eigenvalue weighted by atomic mass is 35.5. The van der Waals surface area contributed by atoms with Gasteiger partial charge in [-0.1, -0.05) is 16.8 Å². The summed E-state index contributed by atoms with van der Waals surface area (Å²) in [6.07, 6.45) is 2.64. The van der Waals surface area contributed by atoms with Gasteiger partial charge in [-0.3, -0.25) is 9.36 Å². The zero-order valence-corrected chi connectivity index (χ0v) is 16.7. The van der Waals surface area contributed by atoms with E-state index in [1.165, 1.54) is 16.0 Å². The van der Waals surface area contributed by atoms with Crippen LogP contribution in [0.4, 0.5) is 10.2 Å². The van der Waals surface area contributed by atoms with Crippen molar-refractivity contribution in [3.63, 3.8) is 0 Å². The molecule has 0 saturated carbocycles. The Morgan fingerprint density at radius 2 is 1.90 bits per heavy atom. The van der Waals surface area contributed by atoms with Crippen LogP contribution in [0.15, 0.2) is 53.6 Å². The number of nitrogens with one attached hydrogen (secondary N) is 1. The van der Waals surface area contributed by atoms with E-state index >= 15 is 0 Å². The quantitative estimate of drug-likeness (QED) is 0.485. The van der Waals surface area contributed by atoms with Crippen LogP contribution in [0.5, 0.6) is 0 Å². The third-order valence-corrected chi connectivity index (χ3v) is 5.30. The van der Waals surface area contributed by atoms with E-state index in [0.29, 0.717) is 26.3 Å². The summed E-state index contributed by atoms with van der Waals surface area (Å²) < 4.78 is 16.7. The van der Waals surface area contributed by atoms with Crippen molar-refractivity contribution < 1.29 is 9.18 Å². The molecule has 0 bridgehead atoms. The summed E-state index contributed by atoms with van der Waals surface area (Å²) in [6.45, 7) is 0.193. The molecule has 1 aromatic carbocycles. The number of hydrogen-bond donors (Lipinski definition) is 2. The van der Waals surface area contributed by atoms with Gasteiger partial charge in [-0.15, -0.1) is 16.4 Å². The topological polar surface area (TPSA) is 121 Å². The summed E-state index contributed by atoms with van der Waals surface area (Å²) in [5.41, 5.74) is 6.23. The van der Waals surface area contributed by atoms with Gasteiger partial charge in [0, 0.05) is 0 Å². The molecule has 0 saturated heterocycles. The fraction of sp³-hybridized carbons (Fsp3) is 0.0556. The van der Waals surface area contributed by atoms with E-state index in [1.54, 1.807) is 42.6 Å². The molecule has 0 atom stereocenters. The lowest BCUT2D eigenvalue weighted by Gasteiger charge is -2.07. The minimum absolute atomic E-state index is 0.193. The number of rotatable bonds is 5. The maximum absolute atomic E-state index is 13.6. The first-order valence-corrected chi connectivity index (χ1v) is 9.70. The molecule has 4 rings (SSSR count). The minimum Gasteiger partial charge on any atom is -0.381 e. The van der Waals surface area contributed by atoms with Crippen molar-refractivity contribution in [3.8, 4) is 11.4 Å². The van der Waals surface area contributed by atoms with Crippen LogP contribution < -0.4 is 16.7 Å². The molecule has 0 fully saturated rings. The molecule has 9 nitrogen and oxygen atoms in total. The first-order valence-electron chi connectivity index (χ1n) is 8.51. The van der Waals surface area contributed by atoms with Crippen molar-refractivity contribution in [2.45, 2.75) is 6.54 Å². The largest absolute Gasteiger partial charge is 0.381 e. The number of hydrogen-bond acceptors (Lipinski definition) is 7. The van der Waals surface area contributed by atoms with Gasteiger partial charge in [-0.25, -0.2) is 13.9 Å². The predicted octanol–water partition coefficient (Wildman–Crippen LogP) is 2.18. The third kappa shape index (κ3) is 4.07. The molecule has 3 heterocycles. The van der Waals surface area contributed by atoms with Gasteiger partial charge in [0.2, 0.25) is 0 Å². The lowest BCUT2D eigenvalue weighted by Crippen LogP contribution is -2.23. The lowest BCUT2D eigenvalue weighted by molar-refractivity contribution is 0.0954. The molecular weight excluding hydrogens is 433 g/mol. The molecular formula is C18H13ClFN7O2S. The number of thiophene rings is 1. The summed E-state index contributed by atoms with van der Waals surface area (Å²) >= 11 is 7.02. The number of carbonyl (C=O) groups excluding carboxylic acids is 1. The van der Waals surface area contributed by atoms with Crippen molar-refractivity contribution in [1.82, 2.24) is 29.9 Å². The Bertz CT molecular complexity index is 1280. The first-order chi connectivity index (χ1) is 14.4. The molecule has 12 heteroatoms. The number of anilines is 1. The normalized spacial score (nSPS) is 10.9. The van der Waals surface area contributed by atoms with E-state index in [2.05, 4.69) is 20.6 Å². The smallest absolute Gasteiger partial charge is 0.354 e. The lowest BCUT2D eigenvalue weighted by atomic mass is 10.2. The average Bonchev–Trinajstić information content (AvgIpc) is 3.38. The SMILES string of the molecule is Nc1nc(=O)n(-c2ccc(-n3cc(CNC(=O)c4ccc(Cl)s4)nn3)cc2)cc1F. The average molecular weight is 446 g/mol. The van der Waals surface area contributed by atoms with Crippen molar-refractivity contribution in [3.05, 3.63) is 80.0 Å². The fourth-order valence-corrected chi connectivity index (χ4v) is 3.56. The highest BCUT2D eigenvalue weighted by Gasteiger charge is 2.11. The molecule has 152 valence electrons. The van der Waals surface area contributed by atoms with E-state index in [4.69, 9.17) is 17.3 Å². The number of aromatic nitrogens is 5. The second kappa shape index (κ2) is 8.05. The van der Waals surface area contributed by atoms with E-state index in [9.17, 15) is 14.0 Å². The van der Waals surface area contributed by atoms with E-state index in [1.807, 2.05) is 0 Å². The summed E-state index contributed by atoms with van der Waals surface area (Å²) in [7, 11) is 0. The molecule has 30 heavy (non-hydrogen) atoms. The molecule has 0 aliphatic carbocycles. The number of nitrogens with two attached hydrogens (primary N) is 1. The maximum atomic E-state index is 13.6. The van der Waals surface area contributed by atoms with Crippen molar-refractivity contribution in [2.75, 3.05) is 5.73 Å². The Morgan fingerprint density at radius 1 is 1.17 bits per heavy atom. The second-order valence-corrected chi connectivity index (χ2v) is 7.80. The standard InChI is InChI=1S/C18H13ClFN7O2S/c19-15-6-5-14(30-15)17(28)22-7-10-8-27(25-24-10)12-3-1-11(2-4-12)26-9-13(20)16(21)23-18(26)29/h1-6,8-9H,7H2,(H,22,28)(H2,21,23,29). The van der Waals surface area contributed by atoms with E-state index < -0.39 is 17.3 Å². The third-order valence-electron chi connectivity index (χ3n) is 4.07. The predicted molar refractivity (Wildman–Crippen MR) is 110 cm³/mol. The van der Waals surface area contributed by atoms with E-state index in [0.717, 1.165) is 10.8 Å². The van der Waals surface area contributed by atoms with Gasteiger partial charge in [0.05, 0.1) is 39.5 Å². The van der Waals surface area contributed by atoms with E-state index in [-0.39, 0.29) is 12.5 Å². The molecule has 0 spiro atoms. The molecule has 0 aliphatic heterocycles. The molecule has 3 N–H and O–H groups in total. The highest BCUT2D eigenvalue weighted by Crippen LogP contribution is 2.21. The van der Waals surface area contributed by atoms with Gasteiger partial charge in [0.1, 0.15) is 5.69 Å². The molecule has 3 aromatic heterocycles. The molecule has 0 aliphatic rings. The Hall–Kier alpha value is -3.57. The van der Waals surface area contributed by atoms with Crippen LogP contribution >= 0.6 is 22.9 Å². The Morgan fingerprint density at radius 3 is 2.60 bits per heavy atom. The first kappa shape index (κ1) is 19.7. The summed E-state index contributed by atoms with van der Waals surface area (Å²) in [4.78, 5) is 27.9. The van der Waals surface area contributed by atoms with Crippen molar-refractivity contribution >= 4 is 34.7 Å². The van der Waals surface area contributed by atoms with Gasteiger partial charge in [-0.05, 0) is 36.4 Å². The molecule has 0 unspecified atom stereocenters. The Labute approximate surface area is 177 Å². The van der Waals surface area contributed by atoms with Crippen LogP contribution in [0.25, 0.3) is 11.4 Å². The number of nitrogens with zero attached hydrogens (tertiary/aromatic N) is 5. The van der Waals surface area contributed by atoms with Gasteiger partial charge in [-0.2, -0.15) is 4.98 Å². The van der Waals surface area contributed by atoms with Gasteiger partial charge >= 0.3 is 5.69 Å². The molecule has 4 aromatic rings. The van der Waals surface area contributed by atoms with Crippen molar-refractivity contribution in [2.24, 2.45) is 0 Å². The number of nitrogen functional groups attached to an aromatic ring is 1. The van der Waals surface area contributed by atoms with Gasteiger partial charge in [0.15, 0.2) is 11.6 Å². The fourth-order valence-electron chi connectivity index (χ4n) is 2.60. The maximum Gasteiger partial charge on any atom is 0.354 e. The second-order valence-electron chi connectivity index (χ2n) is 6.08. The minimum atomic E-state index is -0.786. The number of carbonyl (C=O) groups is 1. The van der Waals surface area contributed by atoms with Crippen LogP contribution in [0.3, 0.4) is 0 Å². The molecule has 0 radical (unpaired) electrons.